The molecule has 0 saturated heterocycles. The first-order chi connectivity index (χ1) is 9.52. The summed E-state index contributed by atoms with van der Waals surface area (Å²) in [5.74, 6) is 2.80. The van der Waals surface area contributed by atoms with Crippen LogP contribution < -0.4 is 5.32 Å². The van der Waals surface area contributed by atoms with Gasteiger partial charge in [-0.1, -0.05) is 19.9 Å². The fourth-order valence-corrected chi connectivity index (χ4v) is 2.17. The number of aryl methyl sites for hydroxylation is 1. The third-order valence-electron chi connectivity index (χ3n) is 3.28. The molecule has 0 fully saturated rings. The quantitative estimate of drug-likeness (QED) is 0.522. The second-order valence-corrected chi connectivity index (χ2v) is 6.01. The molecule has 0 aliphatic carbocycles. The van der Waals surface area contributed by atoms with E-state index >= 15 is 0 Å². The average molecular weight is 278 g/mol. The van der Waals surface area contributed by atoms with Gasteiger partial charge in [0.25, 0.3) is 0 Å². The summed E-state index contributed by atoms with van der Waals surface area (Å²) in [6.45, 7) is 14.1. The molecule has 1 aromatic rings. The lowest BCUT2D eigenvalue weighted by molar-refractivity contribution is 0.286. The summed E-state index contributed by atoms with van der Waals surface area (Å²) < 4.78 is 5.95. The minimum Gasteiger partial charge on any atom is -0.463 e. The Morgan fingerprint density at radius 3 is 2.85 bits per heavy atom. The Morgan fingerprint density at radius 2 is 2.20 bits per heavy atom. The first kappa shape index (κ1) is 17.0. The predicted molar refractivity (Wildman–Crippen MR) is 85.8 cm³/mol. The lowest BCUT2D eigenvalue weighted by Gasteiger charge is -2.14. The smallest absolute Gasteiger partial charge is 0.120 e. The molecule has 0 aromatic carbocycles. The van der Waals surface area contributed by atoms with Crippen LogP contribution in [0.15, 0.2) is 23.1 Å². The molecule has 0 radical (unpaired) electrons. The maximum absolute atomic E-state index is 5.95. The maximum atomic E-state index is 5.95. The van der Waals surface area contributed by atoms with Crippen molar-refractivity contribution in [1.29, 1.82) is 0 Å². The summed E-state index contributed by atoms with van der Waals surface area (Å²) in [7, 11) is 2.14. The number of hydrogen-bond acceptors (Lipinski definition) is 3. The van der Waals surface area contributed by atoms with Gasteiger partial charge in [0.15, 0.2) is 0 Å². The van der Waals surface area contributed by atoms with Crippen LogP contribution in [-0.4, -0.2) is 25.0 Å². The van der Waals surface area contributed by atoms with Crippen molar-refractivity contribution in [2.24, 2.45) is 5.92 Å². The molecule has 3 heteroatoms. The minimum absolute atomic E-state index is 0.667. The molecular formula is C17H30N2O. The molecule has 1 heterocycles. The van der Waals surface area contributed by atoms with E-state index in [0.717, 1.165) is 50.5 Å². The molecule has 0 unspecified atom stereocenters. The lowest BCUT2D eigenvalue weighted by atomic mass is 10.2. The highest BCUT2D eigenvalue weighted by Gasteiger charge is 2.09. The fraction of sp³-hybridized carbons (Fsp3) is 0.647. The van der Waals surface area contributed by atoms with Gasteiger partial charge in [-0.15, -0.1) is 6.58 Å². The largest absolute Gasteiger partial charge is 0.463 e. The molecule has 0 atom stereocenters. The van der Waals surface area contributed by atoms with Gasteiger partial charge in [0.2, 0.25) is 0 Å². The summed E-state index contributed by atoms with van der Waals surface area (Å²) in [5, 5.41) is 3.43. The van der Waals surface area contributed by atoms with E-state index in [1.54, 1.807) is 0 Å². The van der Waals surface area contributed by atoms with Crippen LogP contribution in [-0.2, 0) is 13.1 Å². The second-order valence-electron chi connectivity index (χ2n) is 6.01. The molecule has 3 nitrogen and oxygen atoms in total. The molecule has 1 rings (SSSR count). The Morgan fingerprint density at radius 1 is 1.45 bits per heavy atom. The topological polar surface area (TPSA) is 28.4 Å². The Labute approximate surface area is 124 Å². The summed E-state index contributed by atoms with van der Waals surface area (Å²) in [6.07, 6.45) is 4.21. The molecule has 0 amide bonds. The van der Waals surface area contributed by atoms with E-state index in [1.807, 2.05) is 6.08 Å². The number of allylic oxidation sites excluding steroid dienone is 1. The fourth-order valence-electron chi connectivity index (χ4n) is 2.17. The zero-order chi connectivity index (χ0) is 15.0. The van der Waals surface area contributed by atoms with Gasteiger partial charge in [0.1, 0.15) is 11.5 Å². The van der Waals surface area contributed by atoms with E-state index in [4.69, 9.17) is 4.42 Å². The Bertz CT molecular complexity index is 396. The van der Waals surface area contributed by atoms with Crippen molar-refractivity contribution < 1.29 is 4.42 Å². The van der Waals surface area contributed by atoms with Crippen molar-refractivity contribution in [1.82, 2.24) is 10.2 Å². The molecule has 0 saturated carbocycles. The number of rotatable bonds is 10. The normalized spacial score (nSPS) is 11.5. The average Bonchev–Trinajstić information content (AvgIpc) is 2.69. The van der Waals surface area contributed by atoms with Crippen LogP contribution in [0.3, 0.4) is 0 Å². The number of hydrogen-bond donors (Lipinski definition) is 1. The van der Waals surface area contributed by atoms with Crippen LogP contribution in [0.5, 0.6) is 0 Å². The molecule has 1 N–H and O–H groups in total. The zero-order valence-electron chi connectivity index (χ0n) is 13.5. The van der Waals surface area contributed by atoms with Gasteiger partial charge < -0.3 is 9.73 Å². The Hall–Kier alpha value is -1.06. The van der Waals surface area contributed by atoms with Gasteiger partial charge in [-0.25, -0.2) is 0 Å². The van der Waals surface area contributed by atoms with Gasteiger partial charge in [-0.05, 0) is 57.5 Å². The van der Waals surface area contributed by atoms with Crippen molar-refractivity contribution in [3.8, 4) is 0 Å². The van der Waals surface area contributed by atoms with Crippen molar-refractivity contribution in [3.63, 3.8) is 0 Å². The van der Waals surface area contributed by atoms with E-state index in [1.165, 1.54) is 5.56 Å². The highest BCUT2D eigenvalue weighted by atomic mass is 16.3. The first-order valence-electron chi connectivity index (χ1n) is 7.61. The first-order valence-corrected chi connectivity index (χ1v) is 7.61. The van der Waals surface area contributed by atoms with Crippen molar-refractivity contribution in [2.75, 3.05) is 20.1 Å². The Kier molecular flexibility index (Phi) is 7.63. The predicted octanol–water partition coefficient (Wildman–Crippen LogP) is 3.73. The second kappa shape index (κ2) is 8.98. The van der Waals surface area contributed by atoms with Crippen LogP contribution in [0.1, 0.15) is 43.8 Å². The van der Waals surface area contributed by atoms with Crippen molar-refractivity contribution >= 4 is 0 Å². The third-order valence-corrected chi connectivity index (χ3v) is 3.28. The van der Waals surface area contributed by atoms with Gasteiger partial charge in [0.05, 0.1) is 13.1 Å². The summed E-state index contributed by atoms with van der Waals surface area (Å²) >= 11 is 0. The van der Waals surface area contributed by atoms with E-state index in [9.17, 15) is 0 Å². The van der Waals surface area contributed by atoms with Crippen molar-refractivity contribution in [3.05, 3.63) is 35.8 Å². The van der Waals surface area contributed by atoms with E-state index in [-0.39, 0.29) is 0 Å². The van der Waals surface area contributed by atoms with Crippen LogP contribution >= 0.6 is 0 Å². The molecule has 114 valence electrons. The van der Waals surface area contributed by atoms with Gasteiger partial charge in [-0.2, -0.15) is 0 Å². The lowest BCUT2D eigenvalue weighted by Crippen LogP contribution is -2.19. The van der Waals surface area contributed by atoms with Crippen LogP contribution in [0.25, 0.3) is 0 Å². The number of nitrogens with zero attached hydrogens (tertiary/aromatic N) is 1. The van der Waals surface area contributed by atoms with E-state index in [0.29, 0.717) is 5.92 Å². The molecule has 0 aliphatic rings. The molecular weight excluding hydrogens is 248 g/mol. The van der Waals surface area contributed by atoms with Crippen LogP contribution in [0.2, 0.25) is 0 Å². The Balaban J connectivity index is 2.41. The highest BCUT2D eigenvalue weighted by Crippen LogP contribution is 2.16. The molecule has 0 spiro atoms. The highest BCUT2D eigenvalue weighted by molar-refractivity contribution is 5.20. The number of nitrogens with one attached hydrogen (secondary N) is 1. The third kappa shape index (κ3) is 6.40. The van der Waals surface area contributed by atoms with E-state index in [2.05, 4.69) is 50.7 Å². The maximum Gasteiger partial charge on any atom is 0.120 e. The summed E-state index contributed by atoms with van der Waals surface area (Å²) in [5.41, 5.74) is 1.25. The minimum atomic E-state index is 0.667. The number of furan rings is 1. The standard InChI is InChI=1S/C17H30N2O/c1-6-7-8-9-19(5)13-16-10-15(4)17(20-16)12-18-11-14(2)3/h6,10,14,18H,1,7-9,11-13H2,2-5H3. The molecule has 1 aromatic heterocycles. The summed E-state index contributed by atoms with van der Waals surface area (Å²) in [4.78, 5) is 2.30. The molecule has 0 bridgehead atoms. The van der Waals surface area contributed by atoms with Gasteiger partial charge in [-0.3, -0.25) is 4.90 Å². The molecule has 0 aliphatic heterocycles. The van der Waals surface area contributed by atoms with Gasteiger partial charge in [0, 0.05) is 0 Å². The zero-order valence-corrected chi connectivity index (χ0v) is 13.5. The number of unbranched alkanes of at least 4 members (excludes halogenated alkanes) is 1. The van der Waals surface area contributed by atoms with E-state index < -0.39 is 0 Å². The van der Waals surface area contributed by atoms with Crippen LogP contribution in [0, 0.1) is 12.8 Å². The SMILES string of the molecule is C=CCCCN(C)Cc1cc(C)c(CNCC(C)C)o1. The summed E-state index contributed by atoms with van der Waals surface area (Å²) in [6, 6.07) is 2.16. The van der Waals surface area contributed by atoms with Crippen LogP contribution in [0.4, 0.5) is 0 Å². The monoisotopic (exact) mass is 278 g/mol. The molecule has 20 heavy (non-hydrogen) atoms. The van der Waals surface area contributed by atoms with Crippen molar-refractivity contribution in [2.45, 2.75) is 46.7 Å². The van der Waals surface area contributed by atoms with Gasteiger partial charge >= 0.3 is 0 Å².